The largest absolute Gasteiger partial charge is 0.494 e. The Bertz CT molecular complexity index is 1100. The number of aromatic nitrogens is 3. The molecule has 9 nitrogen and oxygen atoms in total. The van der Waals surface area contributed by atoms with E-state index in [1.807, 2.05) is 31.2 Å². The van der Waals surface area contributed by atoms with Gasteiger partial charge in [0.25, 0.3) is 5.69 Å². The standard InChI is InChI=1S/C19H18N6O3S/c1-2-28-16-11-9-15(10-12-16)18-21-22-19(29)24(18)23-20-13-5-7-14-6-3-4-8-17(14)25(26)27/h3-13,23H,2H2,1H3,(H,22,29). The molecule has 0 saturated heterocycles. The lowest BCUT2D eigenvalue weighted by Gasteiger charge is -2.06. The van der Waals surface area contributed by atoms with Crippen LogP contribution in [0.4, 0.5) is 5.69 Å². The average Bonchev–Trinajstić information content (AvgIpc) is 3.09. The number of H-pyrrole nitrogens is 1. The van der Waals surface area contributed by atoms with E-state index >= 15 is 0 Å². The van der Waals surface area contributed by atoms with Gasteiger partial charge in [-0.05, 0) is 61.6 Å². The van der Waals surface area contributed by atoms with E-state index in [9.17, 15) is 10.1 Å². The van der Waals surface area contributed by atoms with Gasteiger partial charge in [-0.25, -0.2) is 10.6 Å². The molecule has 1 heterocycles. The van der Waals surface area contributed by atoms with E-state index in [0.717, 1.165) is 11.3 Å². The molecular formula is C19H18N6O3S. The van der Waals surface area contributed by atoms with E-state index in [4.69, 9.17) is 17.0 Å². The fourth-order valence-electron chi connectivity index (χ4n) is 2.53. The van der Waals surface area contributed by atoms with Gasteiger partial charge in [0.15, 0.2) is 5.82 Å². The van der Waals surface area contributed by atoms with Crippen LogP contribution in [-0.4, -0.2) is 32.6 Å². The van der Waals surface area contributed by atoms with Crippen LogP contribution in [0.1, 0.15) is 12.5 Å². The lowest BCUT2D eigenvalue weighted by molar-refractivity contribution is -0.385. The molecule has 1 aromatic heterocycles. The van der Waals surface area contributed by atoms with Crippen molar-refractivity contribution in [3.05, 3.63) is 75.1 Å². The van der Waals surface area contributed by atoms with Crippen molar-refractivity contribution in [1.29, 1.82) is 0 Å². The van der Waals surface area contributed by atoms with Crippen LogP contribution in [0.5, 0.6) is 5.75 Å². The van der Waals surface area contributed by atoms with Crippen molar-refractivity contribution in [1.82, 2.24) is 14.9 Å². The molecule has 0 spiro atoms. The summed E-state index contributed by atoms with van der Waals surface area (Å²) in [7, 11) is 0. The maximum absolute atomic E-state index is 11.0. The normalized spacial score (nSPS) is 11.2. The van der Waals surface area contributed by atoms with Gasteiger partial charge in [0, 0.05) is 17.8 Å². The number of hydrogen-bond donors (Lipinski definition) is 2. The molecule has 0 aliphatic carbocycles. The predicted molar refractivity (Wildman–Crippen MR) is 114 cm³/mol. The van der Waals surface area contributed by atoms with Crippen molar-refractivity contribution in [3.63, 3.8) is 0 Å². The van der Waals surface area contributed by atoms with E-state index in [1.54, 1.807) is 30.4 Å². The summed E-state index contributed by atoms with van der Waals surface area (Å²) in [5, 5.41) is 22.0. The van der Waals surface area contributed by atoms with Crippen LogP contribution in [0.3, 0.4) is 0 Å². The number of ether oxygens (including phenoxy) is 1. The Kier molecular flexibility index (Phi) is 6.48. The molecule has 2 N–H and O–H groups in total. The summed E-state index contributed by atoms with van der Waals surface area (Å²) in [6, 6.07) is 13.9. The molecular weight excluding hydrogens is 392 g/mol. The molecule has 10 heteroatoms. The smallest absolute Gasteiger partial charge is 0.276 e. The lowest BCUT2D eigenvalue weighted by Crippen LogP contribution is -2.10. The van der Waals surface area contributed by atoms with E-state index < -0.39 is 4.92 Å². The van der Waals surface area contributed by atoms with Crippen LogP contribution in [0.2, 0.25) is 0 Å². The number of nitrogens with zero attached hydrogens (tertiary/aromatic N) is 4. The molecule has 0 fully saturated rings. The molecule has 0 bridgehead atoms. The van der Waals surface area contributed by atoms with Crippen molar-refractivity contribution in [2.45, 2.75) is 6.92 Å². The molecule has 0 atom stereocenters. The molecule has 0 aliphatic heterocycles. The van der Waals surface area contributed by atoms with Gasteiger partial charge in [0.1, 0.15) is 5.75 Å². The number of hydrogen-bond acceptors (Lipinski definition) is 7. The highest BCUT2D eigenvalue weighted by molar-refractivity contribution is 7.71. The summed E-state index contributed by atoms with van der Waals surface area (Å²) in [4.78, 5) is 10.6. The second-order valence-corrected chi connectivity index (χ2v) is 6.09. The molecule has 2 aromatic carbocycles. The second kappa shape index (κ2) is 9.42. The van der Waals surface area contributed by atoms with Crippen LogP contribution in [0.15, 0.2) is 59.7 Å². The van der Waals surface area contributed by atoms with Crippen molar-refractivity contribution >= 4 is 30.2 Å². The highest BCUT2D eigenvalue weighted by Crippen LogP contribution is 2.21. The Morgan fingerprint density at radius 3 is 2.79 bits per heavy atom. The first-order valence-electron chi connectivity index (χ1n) is 8.70. The van der Waals surface area contributed by atoms with Crippen LogP contribution >= 0.6 is 12.2 Å². The summed E-state index contributed by atoms with van der Waals surface area (Å²) in [5.41, 5.74) is 4.13. The Hall–Kier alpha value is -3.79. The Balaban J connectivity index is 1.72. The summed E-state index contributed by atoms with van der Waals surface area (Å²) in [5.74, 6) is 1.32. The molecule has 0 unspecified atom stereocenters. The number of allylic oxidation sites excluding steroid dienone is 1. The third-order valence-electron chi connectivity index (χ3n) is 3.82. The average molecular weight is 410 g/mol. The summed E-state index contributed by atoms with van der Waals surface area (Å²) >= 11 is 5.23. The van der Waals surface area contributed by atoms with Gasteiger partial charge in [-0.3, -0.25) is 10.1 Å². The molecule has 29 heavy (non-hydrogen) atoms. The maximum atomic E-state index is 11.0. The monoisotopic (exact) mass is 410 g/mol. The molecule has 3 aromatic rings. The highest BCUT2D eigenvalue weighted by atomic mass is 32.1. The Labute approximate surface area is 171 Å². The molecule has 3 rings (SSSR count). The van der Waals surface area contributed by atoms with Crippen molar-refractivity contribution in [2.75, 3.05) is 12.1 Å². The number of benzene rings is 2. The number of para-hydroxylation sites is 1. The quantitative estimate of drug-likeness (QED) is 0.250. The molecule has 148 valence electrons. The summed E-state index contributed by atoms with van der Waals surface area (Å²) in [6.45, 7) is 2.51. The molecule has 0 saturated carbocycles. The fourth-order valence-corrected chi connectivity index (χ4v) is 2.70. The second-order valence-electron chi connectivity index (χ2n) is 5.70. The maximum Gasteiger partial charge on any atom is 0.276 e. The van der Waals surface area contributed by atoms with Gasteiger partial charge >= 0.3 is 0 Å². The van der Waals surface area contributed by atoms with Crippen molar-refractivity contribution in [2.24, 2.45) is 5.10 Å². The zero-order valence-electron chi connectivity index (χ0n) is 15.5. The van der Waals surface area contributed by atoms with Crippen molar-refractivity contribution < 1.29 is 9.66 Å². The first-order chi connectivity index (χ1) is 14.1. The van der Waals surface area contributed by atoms with Crippen LogP contribution in [0, 0.1) is 14.9 Å². The molecule has 0 radical (unpaired) electrons. The van der Waals surface area contributed by atoms with Crippen LogP contribution in [-0.2, 0) is 0 Å². The van der Waals surface area contributed by atoms with E-state index in [-0.39, 0.29) is 5.69 Å². The third-order valence-corrected chi connectivity index (χ3v) is 4.10. The lowest BCUT2D eigenvalue weighted by atomic mass is 10.2. The minimum atomic E-state index is -0.428. The number of nitrogens with one attached hydrogen (secondary N) is 2. The van der Waals surface area contributed by atoms with Crippen LogP contribution in [0.25, 0.3) is 17.5 Å². The minimum Gasteiger partial charge on any atom is -0.494 e. The van der Waals surface area contributed by atoms with E-state index in [0.29, 0.717) is 22.8 Å². The highest BCUT2D eigenvalue weighted by Gasteiger charge is 2.09. The van der Waals surface area contributed by atoms with Gasteiger partial charge in [-0.1, -0.05) is 12.1 Å². The first-order valence-corrected chi connectivity index (χ1v) is 9.10. The number of nitro benzene ring substituents is 1. The van der Waals surface area contributed by atoms with Gasteiger partial charge < -0.3 is 4.74 Å². The molecule has 0 aliphatic rings. The topological polar surface area (TPSA) is 110 Å². The van der Waals surface area contributed by atoms with Gasteiger partial charge in [0.05, 0.1) is 17.1 Å². The zero-order chi connectivity index (χ0) is 20.6. The Morgan fingerprint density at radius 2 is 2.07 bits per heavy atom. The number of hydrazone groups is 1. The zero-order valence-corrected chi connectivity index (χ0v) is 16.3. The minimum absolute atomic E-state index is 0.0277. The van der Waals surface area contributed by atoms with E-state index in [1.165, 1.54) is 17.0 Å². The number of aromatic amines is 1. The fraction of sp³-hybridized carbons (Fsp3) is 0.105. The Morgan fingerprint density at radius 1 is 1.31 bits per heavy atom. The SMILES string of the molecule is CCOc1ccc(-c2n[nH]c(=S)n2NN=CC=Cc2ccccc2[N+](=O)[O-])cc1. The number of nitro groups is 1. The van der Waals surface area contributed by atoms with E-state index in [2.05, 4.69) is 20.8 Å². The van der Waals surface area contributed by atoms with Gasteiger partial charge in [-0.15, -0.1) is 0 Å². The van der Waals surface area contributed by atoms with Gasteiger partial charge in [0.2, 0.25) is 4.77 Å². The van der Waals surface area contributed by atoms with Crippen molar-refractivity contribution in [3.8, 4) is 17.1 Å². The summed E-state index contributed by atoms with van der Waals surface area (Å²) in [6.07, 6.45) is 4.66. The summed E-state index contributed by atoms with van der Waals surface area (Å²) < 4.78 is 7.29. The first kappa shape index (κ1) is 20.0. The predicted octanol–water partition coefficient (Wildman–Crippen LogP) is 4.16. The van der Waals surface area contributed by atoms with Crippen LogP contribution < -0.4 is 10.3 Å². The third kappa shape index (κ3) is 4.93. The number of rotatable bonds is 8. The van der Waals surface area contributed by atoms with Gasteiger partial charge in [-0.2, -0.15) is 14.9 Å². The molecule has 0 amide bonds.